The van der Waals surface area contributed by atoms with Crippen molar-refractivity contribution < 1.29 is 18.8 Å². The first kappa shape index (κ1) is 16.6. The van der Waals surface area contributed by atoms with E-state index in [0.717, 1.165) is 5.56 Å². The Balaban J connectivity index is 2.10. The van der Waals surface area contributed by atoms with Crippen molar-refractivity contribution in [3.8, 4) is 0 Å². The Labute approximate surface area is 135 Å². The summed E-state index contributed by atoms with van der Waals surface area (Å²) in [6, 6.07) is 2.59. The van der Waals surface area contributed by atoms with Gasteiger partial charge in [-0.1, -0.05) is 0 Å². The summed E-state index contributed by atoms with van der Waals surface area (Å²) >= 11 is 3.11. The molecule has 1 saturated heterocycles. The lowest BCUT2D eigenvalue weighted by atomic mass is 9.95. The highest BCUT2D eigenvalue weighted by molar-refractivity contribution is 9.10. The SMILES string of the molecule is Cc1cc(Br)c(F)cc1[C@H](C)NC(=O)C1CC(=O)NC(=O)C1. The first-order chi connectivity index (χ1) is 10.3. The Kier molecular flexibility index (Phi) is 4.95. The van der Waals surface area contributed by atoms with E-state index in [2.05, 4.69) is 26.6 Å². The van der Waals surface area contributed by atoms with Crippen LogP contribution in [0, 0.1) is 18.7 Å². The molecule has 1 aliphatic rings. The van der Waals surface area contributed by atoms with E-state index in [4.69, 9.17) is 0 Å². The number of benzene rings is 1. The molecular formula is C15H16BrFN2O3. The van der Waals surface area contributed by atoms with Gasteiger partial charge in [0.05, 0.1) is 16.4 Å². The number of imide groups is 1. The third kappa shape index (κ3) is 3.71. The number of hydrogen-bond donors (Lipinski definition) is 2. The predicted octanol–water partition coefficient (Wildman–Crippen LogP) is 2.13. The normalized spacial score (nSPS) is 17.1. The van der Waals surface area contributed by atoms with E-state index >= 15 is 0 Å². The average Bonchev–Trinajstić information content (AvgIpc) is 2.41. The van der Waals surface area contributed by atoms with Crippen LogP contribution in [0.5, 0.6) is 0 Å². The highest BCUT2D eigenvalue weighted by Crippen LogP contribution is 2.25. The van der Waals surface area contributed by atoms with Gasteiger partial charge in [-0.2, -0.15) is 0 Å². The first-order valence-corrected chi connectivity index (χ1v) is 7.66. The summed E-state index contributed by atoms with van der Waals surface area (Å²) < 4.78 is 14.0. The van der Waals surface area contributed by atoms with E-state index in [9.17, 15) is 18.8 Å². The van der Waals surface area contributed by atoms with Crippen molar-refractivity contribution in [3.63, 3.8) is 0 Å². The molecule has 0 spiro atoms. The molecule has 7 heteroatoms. The number of amides is 3. The topological polar surface area (TPSA) is 75.3 Å². The lowest BCUT2D eigenvalue weighted by Crippen LogP contribution is -2.44. The molecule has 0 unspecified atom stereocenters. The van der Waals surface area contributed by atoms with Crippen LogP contribution < -0.4 is 10.6 Å². The van der Waals surface area contributed by atoms with E-state index in [1.807, 2.05) is 6.92 Å². The van der Waals surface area contributed by atoms with Crippen LogP contribution in [0.1, 0.15) is 36.9 Å². The van der Waals surface area contributed by atoms with Crippen LogP contribution in [0.4, 0.5) is 4.39 Å². The summed E-state index contributed by atoms with van der Waals surface area (Å²) in [5, 5.41) is 4.90. The second-order valence-electron chi connectivity index (χ2n) is 5.43. The van der Waals surface area contributed by atoms with Crippen LogP contribution >= 0.6 is 15.9 Å². The molecule has 0 saturated carbocycles. The molecule has 1 aromatic rings. The molecule has 1 atom stereocenters. The molecule has 118 valence electrons. The summed E-state index contributed by atoms with van der Waals surface area (Å²) in [6.45, 7) is 3.55. The van der Waals surface area contributed by atoms with Gasteiger partial charge in [-0.15, -0.1) is 0 Å². The molecule has 1 aromatic carbocycles. The molecule has 2 N–H and O–H groups in total. The molecule has 2 rings (SSSR count). The molecule has 0 aromatic heterocycles. The van der Waals surface area contributed by atoms with Gasteiger partial charge in [-0.05, 0) is 53.0 Å². The fourth-order valence-electron chi connectivity index (χ4n) is 2.50. The zero-order chi connectivity index (χ0) is 16.4. The number of hydrogen-bond acceptors (Lipinski definition) is 3. The van der Waals surface area contributed by atoms with E-state index in [-0.39, 0.29) is 18.7 Å². The van der Waals surface area contributed by atoms with Crippen LogP contribution in [0.2, 0.25) is 0 Å². The number of rotatable bonds is 3. The van der Waals surface area contributed by atoms with Gasteiger partial charge in [0.2, 0.25) is 17.7 Å². The van der Waals surface area contributed by atoms with Crippen LogP contribution in [-0.2, 0) is 14.4 Å². The van der Waals surface area contributed by atoms with Crippen molar-refractivity contribution >= 4 is 33.7 Å². The van der Waals surface area contributed by atoms with Crippen molar-refractivity contribution in [2.24, 2.45) is 5.92 Å². The summed E-state index contributed by atoms with van der Waals surface area (Å²) in [5.74, 6) is -2.36. The molecule has 0 bridgehead atoms. The third-order valence-electron chi connectivity index (χ3n) is 3.65. The molecule has 5 nitrogen and oxygen atoms in total. The van der Waals surface area contributed by atoms with E-state index < -0.39 is 29.6 Å². The van der Waals surface area contributed by atoms with Gasteiger partial charge in [0, 0.05) is 12.8 Å². The number of carbonyl (C=O) groups excluding carboxylic acids is 3. The summed E-state index contributed by atoms with van der Waals surface area (Å²) in [4.78, 5) is 34.8. The number of aryl methyl sites for hydroxylation is 1. The highest BCUT2D eigenvalue weighted by atomic mass is 79.9. The van der Waals surface area contributed by atoms with Gasteiger partial charge in [0.25, 0.3) is 0 Å². The number of piperidine rings is 1. The zero-order valence-electron chi connectivity index (χ0n) is 12.2. The largest absolute Gasteiger partial charge is 0.349 e. The Bertz CT molecular complexity index is 632. The van der Waals surface area contributed by atoms with Crippen LogP contribution in [0.3, 0.4) is 0 Å². The molecule has 22 heavy (non-hydrogen) atoms. The molecule has 1 aliphatic heterocycles. The number of carbonyl (C=O) groups is 3. The van der Waals surface area contributed by atoms with Crippen molar-refractivity contribution in [2.75, 3.05) is 0 Å². The van der Waals surface area contributed by atoms with Gasteiger partial charge >= 0.3 is 0 Å². The standard InChI is InChI=1S/C15H16BrFN2O3/c1-7-3-11(16)12(17)6-10(7)8(2)18-15(22)9-4-13(20)19-14(21)5-9/h3,6,8-9H,4-5H2,1-2H3,(H,18,22)(H,19,20,21)/t8-/m0/s1. The smallest absolute Gasteiger partial charge is 0.227 e. The lowest BCUT2D eigenvalue weighted by Gasteiger charge is -2.23. The highest BCUT2D eigenvalue weighted by Gasteiger charge is 2.31. The van der Waals surface area contributed by atoms with Gasteiger partial charge in [0.1, 0.15) is 5.82 Å². The molecule has 0 radical (unpaired) electrons. The minimum Gasteiger partial charge on any atom is -0.349 e. The lowest BCUT2D eigenvalue weighted by molar-refractivity contribution is -0.140. The first-order valence-electron chi connectivity index (χ1n) is 6.86. The van der Waals surface area contributed by atoms with Crippen molar-refractivity contribution in [2.45, 2.75) is 32.7 Å². The van der Waals surface area contributed by atoms with Crippen molar-refractivity contribution in [1.82, 2.24) is 10.6 Å². The van der Waals surface area contributed by atoms with Gasteiger partial charge < -0.3 is 5.32 Å². The fourth-order valence-corrected chi connectivity index (χ4v) is 2.96. The second kappa shape index (κ2) is 6.56. The maximum absolute atomic E-state index is 13.7. The Hall–Kier alpha value is -1.76. The summed E-state index contributed by atoms with van der Waals surface area (Å²) in [6.07, 6.45) is -0.0318. The minimum absolute atomic E-state index is 0.0159. The van der Waals surface area contributed by atoms with E-state index in [1.165, 1.54) is 6.07 Å². The van der Waals surface area contributed by atoms with Gasteiger partial charge in [-0.25, -0.2) is 4.39 Å². The number of nitrogens with one attached hydrogen (secondary N) is 2. The molecular weight excluding hydrogens is 355 g/mol. The number of halogens is 2. The summed E-state index contributed by atoms with van der Waals surface area (Å²) in [7, 11) is 0. The quantitative estimate of drug-likeness (QED) is 0.800. The van der Waals surface area contributed by atoms with Gasteiger partial charge in [0.15, 0.2) is 0 Å². The van der Waals surface area contributed by atoms with Crippen LogP contribution in [0.15, 0.2) is 16.6 Å². The third-order valence-corrected chi connectivity index (χ3v) is 4.26. The Morgan fingerprint density at radius 3 is 2.55 bits per heavy atom. The molecule has 1 heterocycles. The monoisotopic (exact) mass is 370 g/mol. The van der Waals surface area contributed by atoms with Crippen molar-refractivity contribution in [1.29, 1.82) is 0 Å². The average molecular weight is 371 g/mol. The molecule has 3 amide bonds. The zero-order valence-corrected chi connectivity index (χ0v) is 13.8. The maximum atomic E-state index is 13.7. The maximum Gasteiger partial charge on any atom is 0.227 e. The van der Waals surface area contributed by atoms with E-state index in [0.29, 0.717) is 10.0 Å². The van der Waals surface area contributed by atoms with Crippen LogP contribution in [0.25, 0.3) is 0 Å². The minimum atomic E-state index is -0.677. The Morgan fingerprint density at radius 1 is 1.36 bits per heavy atom. The van der Waals surface area contributed by atoms with Crippen LogP contribution in [-0.4, -0.2) is 17.7 Å². The summed E-state index contributed by atoms with van der Waals surface area (Å²) in [5.41, 5.74) is 1.49. The Morgan fingerprint density at radius 2 is 1.95 bits per heavy atom. The van der Waals surface area contributed by atoms with Crippen molar-refractivity contribution in [3.05, 3.63) is 33.5 Å². The molecule has 1 fully saturated rings. The van der Waals surface area contributed by atoms with Gasteiger partial charge in [-0.3, -0.25) is 19.7 Å². The van der Waals surface area contributed by atoms with E-state index in [1.54, 1.807) is 13.0 Å². The molecule has 0 aliphatic carbocycles. The second-order valence-corrected chi connectivity index (χ2v) is 6.28. The predicted molar refractivity (Wildman–Crippen MR) is 81.3 cm³/mol. The fraction of sp³-hybridized carbons (Fsp3) is 0.400.